The van der Waals surface area contributed by atoms with Crippen molar-refractivity contribution in [2.24, 2.45) is 5.73 Å². The van der Waals surface area contributed by atoms with Gasteiger partial charge in [0.2, 0.25) is 5.91 Å². The fourth-order valence-corrected chi connectivity index (χ4v) is 5.04. The maximum Gasteiger partial charge on any atom is 0.234 e. The van der Waals surface area contributed by atoms with Crippen molar-refractivity contribution < 1.29 is 14.6 Å². The Balaban J connectivity index is 1.69. The number of carbonyl (C=O) groups excluding carboxylic acids is 1. The number of anilines is 1. The average molecular weight is 497 g/mol. The minimum atomic E-state index is -0.945. The third-order valence-corrected chi connectivity index (χ3v) is 6.65. The molecule has 3 aromatic heterocycles. The molecule has 0 aliphatic heterocycles. The zero-order valence-corrected chi connectivity index (χ0v) is 21.1. The number of pyridine rings is 1. The van der Waals surface area contributed by atoms with E-state index in [1.807, 2.05) is 29.7 Å². The van der Waals surface area contributed by atoms with Gasteiger partial charge in [0.05, 0.1) is 36.3 Å². The van der Waals surface area contributed by atoms with Crippen LogP contribution in [0.3, 0.4) is 0 Å². The molecule has 1 aromatic carbocycles. The molecule has 3 heterocycles. The number of fused-ring (bicyclic) bond motifs is 3. The van der Waals surface area contributed by atoms with Gasteiger partial charge in [-0.3, -0.25) is 4.79 Å². The molecular weight excluding hydrogens is 464 g/mol. The van der Waals surface area contributed by atoms with Gasteiger partial charge in [-0.05, 0) is 44.5 Å². The summed E-state index contributed by atoms with van der Waals surface area (Å²) in [5.74, 6) is 0.894. The van der Waals surface area contributed by atoms with Crippen molar-refractivity contribution in [3.8, 4) is 0 Å². The molecular formula is C25H32N6O3S. The molecule has 0 atom stereocenters. The summed E-state index contributed by atoms with van der Waals surface area (Å²) in [4.78, 5) is 23.0. The minimum Gasteiger partial charge on any atom is -0.389 e. The number of aliphatic hydroxyl groups is 1. The third-order valence-electron chi connectivity index (χ3n) is 5.57. The Bertz CT molecular complexity index is 1350. The van der Waals surface area contributed by atoms with Crippen molar-refractivity contribution >= 4 is 45.0 Å². The van der Waals surface area contributed by atoms with Gasteiger partial charge in [0.25, 0.3) is 0 Å². The van der Waals surface area contributed by atoms with E-state index in [1.54, 1.807) is 25.2 Å². The van der Waals surface area contributed by atoms with E-state index < -0.39 is 5.60 Å². The molecule has 0 bridgehead atoms. The highest BCUT2D eigenvalue weighted by Gasteiger charge is 2.22. The van der Waals surface area contributed by atoms with Crippen molar-refractivity contribution in [3.05, 3.63) is 51.5 Å². The van der Waals surface area contributed by atoms with Crippen molar-refractivity contribution in [2.45, 2.75) is 52.5 Å². The molecule has 0 saturated heterocycles. The van der Waals surface area contributed by atoms with E-state index in [0.717, 1.165) is 33.3 Å². The summed E-state index contributed by atoms with van der Waals surface area (Å²) in [6, 6.07) is 10.3. The van der Waals surface area contributed by atoms with E-state index in [2.05, 4.69) is 22.4 Å². The lowest BCUT2D eigenvalue weighted by molar-refractivity contribution is -0.119. The largest absolute Gasteiger partial charge is 0.389 e. The van der Waals surface area contributed by atoms with Crippen molar-refractivity contribution in [3.63, 3.8) is 0 Å². The Morgan fingerprint density at radius 2 is 2.00 bits per heavy atom. The monoisotopic (exact) mass is 496 g/mol. The summed E-state index contributed by atoms with van der Waals surface area (Å²) in [5, 5.41) is 14.3. The smallest absolute Gasteiger partial charge is 0.234 e. The lowest BCUT2D eigenvalue weighted by Gasteiger charge is -2.20. The summed E-state index contributed by atoms with van der Waals surface area (Å²) in [6.07, 6.45) is 0.740. The number of hydrogen-bond acceptors (Lipinski definition) is 8. The van der Waals surface area contributed by atoms with Gasteiger partial charge in [-0.25, -0.2) is 9.97 Å². The Labute approximate surface area is 208 Å². The molecule has 1 amide bonds. The van der Waals surface area contributed by atoms with Crippen LogP contribution in [0.1, 0.15) is 41.9 Å². The summed E-state index contributed by atoms with van der Waals surface area (Å²) in [6.45, 7) is 7.17. The first-order valence-corrected chi connectivity index (χ1v) is 12.4. The lowest BCUT2D eigenvalue weighted by Crippen LogP contribution is -2.29. The second-order valence-corrected chi connectivity index (χ2v) is 10.4. The molecule has 0 spiro atoms. The van der Waals surface area contributed by atoms with Crippen LogP contribution in [0.2, 0.25) is 0 Å². The number of carbonyl (C=O) groups is 1. The first-order valence-electron chi connectivity index (χ1n) is 11.6. The molecule has 186 valence electrons. The van der Waals surface area contributed by atoms with Crippen LogP contribution < -0.4 is 16.8 Å². The Morgan fingerprint density at radius 3 is 2.71 bits per heavy atom. The summed E-state index contributed by atoms with van der Waals surface area (Å²) >= 11 is 1.65. The molecule has 35 heavy (non-hydrogen) atoms. The molecule has 0 aliphatic rings. The van der Waals surface area contributed by atoms with E-state index in [9.17, 15) is 9.90 Å². The van der Waals surface area contributed by atoms with Crippen LogP contribution in [-0.4, -0.2) is 44.3 Å². The number of nitrogens with one attached hydrogen (secondary N) is 1. The highest BCUT2D eigenvalue weighted by atomic mass is 32.1. The van der Waals surface area contributed by atoms with E-state index in [-0.39, 0.29) is 12.5 Å². The van der Waals surface area contributed by atoms with Gasteiger partial charge in [0.15, 0.2) is 5.82 Å². The van der Waals surface area contributed by atoms with E-state index in [4.69, 9.17) is 21.2 Å². The fraction of sp³-hybridized carbons (Fsp3) is 0.400. The van der Waals surface area contributed by atoms with Crippen LogP contribution in [0.25, 0.3) is 21.9 Å². The van der Waals surface area contributed by atoms with Crippen LogP contribution in [-0.2, 0) is 35.6 Å². The number of rotatable bonds is 10. The predicted molar refractivity (Wildman–Crippen MR) is 139 cm³/mol. The maximum atomic E-state index is 11.4. The number of nitrogen functional groups attached to an aromatic ring is 1. The van der Waals surface area contributed by atoms with Gasteiger partial charge in [-0.15, -0.1) is 11.3 Å². The molecule has 4 aromatic rings. The summed E-state index contributed by atoms with van der Waals surface area (Å²) in [7, 11) is 0. The molecule has 6 N–H and O–H groups in total. The SMILES string of the molecule is CCOCc1nc2c(N)nc3cc(Cc4ccc(CNC(=O)CN)s4)ccc3c2n1CC(C)(C)O. The standard InChI is InChI=1S/C25H32N6O3S/c1-4-34-13-20-30-22-23(31(20)14-25(2,3)33)18-8-5-15(10-19(18)29-24(22)27)9-16-6-7-17(35-16)12-28-21(32)11-26/h5-8,10,33H,4,9,11-14,26H2,1-3H3,(H2,27,29)(H,28,32). The topological polar surface area (TPSA) is 141 Å². The van der Waals surface area contributed by atoms with E-state index in [1.165, 1.54) is 4.88 Å². The predicted octanol–water partition coefficient (Wildman–Crippen LogP) is 2.70. The summed E-state index contributed by atoms with van der Waals surface area (Å²) < 4.78 is 7.62. The number of nitrogens with zero attached hydrogens (tertiary/aromatic N) is 3. The normalized spacial score (nSPS) is 12.0. The zero-order chi connectivity index (χ0) is 25.2. The molecule has 0 saturated carbocycles. The number of ether oxygens (including phenoxy) is 1. The molecule has 0 aliphatic carbocycles. The molecule has 0 unspecified atom stereocenters. The molecule has 9 nitrogen and oxygen atoms in total. The number of benzene rings is 1. The van der Waals surface area contributed by atoms with Gasteiger partial charge in [-0.1, -0.05) is 12.1 Å². The second-order valence-electron chi connectivity index (χ2n) is 9.14. The van der Waals surface area contributed by atoms with Crippen LogP contribution in [0.4, 0.5) is 5.82 Å². The Hall–Kier alpha value is -3.05. The highest BCUT2D eigenvalue weighted by Crippen LogP contribution is 2.31. The van der Waals surface area contributed by atoms with Gasteiger partial charge >= 0.3 is 0 Å². The van der Waals surface area contributed by atoms with Crippen molar-refractivity contribution in [1.29, 1.82) is 0 Å². The van der Waals surface area contributed by atoms with Crippen molar-refractivity contribution in [2.75, 3.05) is 18.9 Å². The van der Waals surface area contributed by atoms with Crippen LogP contribution in [0.15, 0.2) is 30.3 Å². The number of nitrogens with two attached hydrogens (primary N) is 2. The summed E-state index contributed by atoms with van der Waals surface area (Å²) in [5.41, 5.74) is 14.1. The Kier molecular flexibility index (Phi) is 7.36. The second kappa shape index (κ2) is 10.3. The van der Waals surface area contributed by atoms with Gasteiger partial charge in [0, 0.05) is 28.2 Å². The fourth-order valence-electron chi connectivity index (χ4n) is 4.05. The quantitative estimate of drug-likeness (QED) is 0.264. The van der Waals surface area contributed by atoms with E-state index >= 15 is 0 Å². The van der Waals surface area contributed by atoms with Gasteiger partial charge in [-0.2, -0.15) is 0 Å². The van der Waals surface area contributed by atoms with Crippen molar-refractivity contribution in [1.82, 2.24) is 19.9 Å². The number of hydrogen-bond donors (Lipinski definition) is 4. The van der Waals surface area contributed by atoms with E-state index in [0.29, 0.717) is 43.5 Å². The third kappa shape index (κ3) is 5.79. The zero-order valence-electron chi connectivity index (χ0n) is 20.3. The molecule has 10 heteroatoms. The first kappa shape index (κ1) is 25.1. The minimum absolute atomic E-state index is 0.0133. The molecule has 0 radical (unpaired) electrons. The van der Waals surface area contributed by atoms with Crippen LogP contribution >= 0.6 is 11.3 Å². The molecule has 4 rings (SSSR count). The maximum absolute atomic E-state index is 11.4. The lowest BCUT2D eigenvalue weighted by atomic mass is 10.1. The van der Waals surface area contributed by atoms with Crippen LogP contribution in [0.5, 0.6) is 0 Å². The Morgan fingerprint density at radius 1 is 1.23 bits per heavy atom. The number of aromatic nitrogens is 3. The first-order chi connectivity index (χ1) is 16.7. The number of amides is 1. The van der Waals surface area contributed by atoms with Gasteiger partial charge < -0.3 is 31.2 Å². The van der Waals surface area contributed by atoms with Crippen LogP contribution in [0, 0.1) is 0 Å². The molecule has 0 fully saturated rings. The highest BCUT2D eigenvalue weighted by molar-refractivity contribution is 7.12. The number of thiophene rings is 1. The average Bonchev–Trinajstić information content (AvgIpc) is 3.40. The van der Waals surface area contributed by atoms with Gasteiger partial charge in [0.1, 0.15) is 17.9 Å². The number of imidazole rings is 1.